The van der Waals surface area contributed by atoms with Crippen LogP contribution in [0.3, 0.4) is 0 Å². The van der Waals surface area contributed by atoms with Crippen molar-refractivity contribution in [1.82, 2.24) is 4.90 Å². The summed E-state index contributed by atoms with van der Waals surface area (Å²) in [4.78, 5) is 16.6. The maximum absolute atomic E-state index is 13.3. The highest BCUT2D eigenvalue weighted by Crippen LogP contribution is 2.21. The summed E-state index contributed by atoms with van der Waals surface area (Å²) in [7, 11) is 0. The first kappa shape index (κ1) is 18.2. The minimum Gasteiger partial charge on any atom is -0.491 e. The summed E-state index contributed by atoms with van der Waals surface area (Å²) in [5, 5.41) is 0. The number of carbonyl (C=O) groups is 1. The van der Waals surface area contributed by atoms with Crippen LogP contribution in [0.2, 0.25) is 0 Å². The lowest BCUT2D eigenvalue weighted by atomic mass is 10.1. The first-order valence-electron chi connectivity index (χ1n) is 9.05. The lowest BCUT2D eigenvalue weighted by molar-refractivity contribution is -0.130. The number of ether oxygens (including phenoxy) is 1. The molecule has 0 unspecified atom stereocenters. The van der Waals surface area contributed by atoms with Gasteiger partial charge in [-0.25, -0.2) is 4.39 Å². The van der Waals surface area contributed by atoms with Gasteiger partial charge in [-0.05, 0) is 55.8 Å². The predicted molar refractivity (Wildman–Crippen MR) is 101 cm³/mol. The molecule has 1 heterocycles. The van der Waals surface area contributed by atoms with Crippen molar-refractivity contribution in [3.63, 3.8) is 0 Å². The Hall–Kier alpha value is -2.56. The summed E-state index contributed by atoms with van der Waals surface area (Å²) >= 11 is 0. The van der Waals surface area contributed by atoms with Crippen LogP contribution in [-0.2, 0) is 11.2 Å². The molecule has 1 fully saturated rings. The molecule has 0 bridgehead atoms. The highest BCUT2D eigenvalue weighted by Gasteiger charge is 2.21. The van der Waals surface area contributed by atoms with E-state index in [9.17, 15) is 9.18 Å². The third-order valence-electron chi connectivity index (χ3n) is 4.45. The number of halogens is 1. The fourth-order valence-electron chi connectivity index (χ4n) is 3.16. The van der Waals surface area contributed by atoms with Crippen molar-refractivity contribution < 1.29 is 13.9 Å². The van der Waals surface area contributed by atoms with Crippen molar-refractivity contribution in [2.45, 2.75) is 26.4 Å². The molecule has 0 spiro atoms. The van der Waals surface area contributed by atoms with E-state index in [1.807, 2.05) is 30.9 Å². The Morgan fingerprint density at radius 1 is 1.08 bits per heavy atom. The Labute approximate surface area is 154 Å². The minimum atomic E-state index is -0.301. The van der Waals surface area contributed by atoms with Crippen LogP contribution in [0.15, 0.2) is 48.5 Å². The van der Waals surface area contributed by atoms with Gasteiger partial charge in [0, 0.05) is 31.9 Å². The van der Waals surface area contributed by atoms with Gasteiger partial charge in [-0.15, -0.1) is 0 Å². The molecule has 0 N–H and O–H groups in total. The number of rotatable bonds is 5. The second-order valence-corrected chi connectivity index (χ2v) is 6.84. The average Bonchev–Trinajstić information content (AvgIpc) is 2.62. The molecular weight excluding hydrogens is 331 g/mol. The van der Waals surface area contributed by atoms with Crippen LogP contribution < -0.4 is 9.64 Å². The van der Waals surface area contributed by atoms with E-state index in [0.29, 0.717) is 13.1 Å². The standard InChI is InChI=1S/C21H25FN2O2/c1-16(2)26-20-8-6-19(7-9-20)23-10-12-24(13-11-23)21(25)15-17-4-3-5-18(22)14-17/h3-9,14,16H,10-13,15H2,1-2H3. The van der Waals surface area contributed by atoms with Gasteiger partial charge < -0.3 is 14.5 Å². The minimum absolute atomic E-state index is 0.0518. The fraction of sp³-hybridized carbons (Fsp3) is 0.381. The summed E-state index contributed by atoms with van der Waals surface area (Å²) in [6.07, 6.45) is 0.410. The van der Waals surface area contributed by atoms with E-state index >= 15 is 0 Å². The molecular formula is C21H25FN2O2. The topological polar surface area (TPSA) is 32.8 Å². The van der Waals surface area contributed by atoms with Gasteiger partial charge in [0.1, 0.15) is 11.6 Å². The third-order valence-corrected chi connectivity index (χ3v) is 4.45. The van der Waals surface area contributed by atoms with E-state index in [2.05, 4.69) is 17.0 Å². The normalized spacial score (nSPS) is 14.6. The number of hydrogen-bond acceptors (Lipinski definition) is 3. The SMILES string of the molecule is CC(C)Oc1ccc(N2CCN(C(=O)Cc3cccc(F)c3)CC2)cc1. The molecule has 2 aromatic rings. The Balaban J connectivity index is 1.53. The molecule has 0 saturated carbocycles. The van der Waals surface area contributed by atoms with Gasteiger partial charge in [0.05, 0.1) is 12.5 Å². The third kappa shape index (κ3) is 4.75. The zero-order valence-corrected chi connectivity index (χ0v) is 15.3. The first-order chi connectivity index (χ1) is 12.5. The Bertz CT molecular complexity index is 738. The number of piperazine rings is 1. The van der Waals surface area contributed by atoms with Gasteiger partial charge in [0.15, 0.2) is 0 Å². The highest BCUT2D eigenvalue weighted by molar-refractivity contribution is 5.79. The number of hydrogen-bond donors (Lipinski definition) is 0. The summed E-state index contributed by atoms with van der Waals surface area (Å²) in [5.74, 6) is 0.619. The zero-order chi connectivity index (χ0) is 18.5. The molecule has 1 aliphatic rings. The van der Waals surface area contributed by atoms with Crippen LogP contribution in [0.4, 0.5) is 10.1 Å². The van der Waals surface area contributed by atoms with Crippen molar-refractivity contribution in [1.29, 1.82) is 0 Å². The lowest BCUT2D eigenvalue weighted by Crippen LogP contribution is -2.49. The maximum atomic E-state index is 13.3. The van der Waals surface area contributed by atoms with Crippen molar-refractivity contribution in [2.75, 3.05) is 31.1 Å². The van der Waals surface area contributed by atoms with Gasteiger partial charge in [-0.1, -0.05) is 12.1 Å². The molecule has 3 rings (SSSR count). The lowest BCUT2D eigenvalue weighted by Gasteiger charge is -2.36. The molecule has 5 heteroatoms. The molecule has 4 nitrogen and oxygen atoms in total. The maximum Gasteiger partial charge on any atom is 0.227 e. The smallest absolute Gasteiger partial charge is 0.227 e. The van der Waals surface area contributed by atoms with Gasteiger partial charge in [-0.3, -0.25) is 4.79 Å². The van der Waals surface area contributed by atoms with Gasteiger partial charge in [0.25, 0.3) is 0 Å². The number of benzene rings is 2. The van der Waals surface area contributed by atoms with Crippen LogP contribution >= 0.6 is 0 Å². The number of amides is 1. The molecule has 0 aliphatic carbocycles. The quantitative estimate of drug-likeness (QED) is 0.822. The Morgan fingerprint density at radius 2 is 1.77 bits per heavy atom. The molecule has 0 radical (unpaired) electrons. The van der Waals surface area contributed by atoms with E-state index < -0.39 is 0 Å². The van der Waals surface area contributed by atoms with Crippen LogP contribution in [0.1, 0.15) is 19.4 Å². The fourth-order valence-corrected chi connectivity index (χ4v) is 3.16. The van der Waals surface area contributed by atoms with E-state index in [1.165, 1.54) is 12.1 Å². The van der Waals surface area contributed by atoms with Crippen molar-refractivity contribution in [3.8, 4) is 5.75 Å². The van der Waals surface area contributed by atoms with Gasteiger partial charge >= 0.3 is 0 Å². The Morgan fingerprint density at radius 3 is 2.38 bits per heavy atom. The monoisotopic (exact) mass is 356 g/mol. The van der Waals surface area contributed by atoms with Gasteiger partial charge in [0.2, 0.25) is 5.91 Å². The molecule has 1 saturated heterocycles. The summed E-state index contributed by atoms with van der Waals surface area (Å²) in [5.41, 5.74) is 1.86. The van der Waals surface area contributed by atoms with E-state index in [1.54, 1.807) is 12.1 Å². The second kappa shape index (κ2) is 8.21. The second-order valence-electron chi connectivity index (χ2n) is 6.84. The van der Waals surface area contributed by atoms with Crippen LogP contribution in [-0.4, -0.2) is 43.1 Å². The highest BCUT2D eigenvalue weighted by atomic mass is 19.1. The van der Waals surface area contributed by atoms with E-state index in [0.717, 1.165) is 30.1 Å². The molecule has 0 aromatic heterocycles. The molecule has 1 aliphatic heterocycles. The van der Waals surface area contributed by atoms with Crippen molar-refractivity contribution in [3.05, 3.63) is 59.9 Å². The van der Waals surface area contributed by atoms with Crippen molar-refractivity contribution in [2.24, 2.45) is 0 Å². The summed E-state index contributed by atoms with van der Waals surface area (Å²) < 4.78 is 18.9. The first-order valence-corrected chi connectivity index (χ1v) is 9.05. The van der Waals surface area contributed by atoms with E-state index in [-0.39, 0.29) is 24.2 Å². The zero-order valence-electron chi connectivity index (χ0n) is 15.3. The van der Waals surface area contributed by atoms with Crippen molar-refractivity contribution >= 4 is 11.6 Å². The number of anilines is 1. The largest absolute Gasteiger partial charge is 0.491 e. The van der Waals surface area contributed by atoms with Crippen LogP contribution in [0.25, 0.3) is 0 Å². The molecule has 2 aromatic carbocycles. The summed E-state index contributed by atoms with van der Waals surface area (Å²) in [6.45, 7) is 6.96. The predicted octanol–water partition coefficient (Wildman–Crippen LogP) is 3.50. The van der Waals surface area contributed by atoms with Crippen LogP contribution in [0, 0.1) is 5.82 Å². The average molecular weight is 356 g/mol. The summed E-state index contributed by atoms with van der Waals surface area (Å²) in [6, 6.07) is 14.3. The van der Waals surface area contributed by atoms with Crippen LogP contribution in [0.5, 0.6) is 5.75 Å². The number of nitrogens with zero attached hydrogens (tertiary/aromatic N) is 2. The molecule has 1 amide bonds. The molecule has 138 valence electrons. The molecule has 26 heavy (non-hydrogen) atoms. The Kier molecular flexibility index (Phi) is 5.76. The molecule has 0 atom stereocenters. The van der Waals surface area contributed by atoms with Gasteiger partial charge in [-0.2, -0.15) is 0 Å². The van der Waals surface area contributed by atoms with E-state index in [4.69, 9.17) is 4.74 Å². The number of carbonyl (C=O) groups excluding carboxylic acids is 1.